The number of aliphatic hydroxyl groups excluding tert-OH is 1. The van der Waals surface area contributed by atoms with Gasteiger partial charge in [0.15, 0.2) is 11.5 Å². The summed E-state index contributed by atoms with van der Waals surface area (Å²) in [4.78, 5) is 0. The first-order valence-electron chi connectivity index (χ1n) is 5.88. The molecule has 0 aromatic heterocycles. The van der Waals surface area contributed by atoms with Crippen LogP contribution in [0.15, 0.2) is 18.2 Å². The number of nitrogens with two attached hydrogens (primary N) is 1. The van der Waals surface area contributed by atoms with Crippen molar-refractivity contribution >= 4 is 0 Å². The number of benzene rings is 1. The highest BCUT2D eigenvalue weighted by molar-refractivity contribution is 5.44. The van der Waals surface area contributed by atoms with Gasteiger partial charge in [-0.15, -0.1) is 0 Å². The Kier molecular flexibility index (Phi) is 5.25. The van der Waals surface area contributed by atoms with Gasteiger partial charge in [0.25, 0.3) is 0 Å². The van der Waals surface area contributed by atoms with Crippen LogP contribution >= 0.6 is 0 Å². The molecule has 0 radical (unpaired) electrons. The van der Waals surface area contributed by atoms with E-state index in [1.54, 1.807) is 0 Å². The summed E-state index contributed by atoms with van der Waals surface area (Å²) < 4.78 is 11.1. The SMILES string of the molecule is CCOc1cc([C@@H](N)CO)ccc1OC(C)C. The third-order valence-corrected chi connectivity index (χ3v) is 2.26. The molecule has 1 aromatic rings. The number of ether oxygens (including phenoxy) is 2. The summed E-state index contributed by atoms with van der Waals surface area (Å²) in [5.41, 5.74) is 6.60. The second-order valence-electron chi connectivity index (χ2n) is 4.09. The first kappa shape index (κ1) is 13.8. The second-order valence-corrected chi connectivity index (χ2v) is 4.09. The van der Waals surface area contributed by atoms with Crippen LogP contribution in [0.3, 0.4) is 0 Å². The van der Waals surface area contributed by atoms with E-state index < -0.39 is 0 Å². The van der Waals surface area contributed by atoms with Crippen molar-refractivity contribution in [1.29, 1.82) is 0 Å². The normalized spacial score (nSPS) is 12.6. The summed E-state index contributed by atoms with van der Waals surface area (Å²) in [6, 6.07) is 5.11. The molecule has 0 aliphatic heterocycles. The predicted molar refractivity (Wildman–Crippen MR) is 67.4 cm³/mol. The van der Waals surface area contributed by atoms with Crippen LogP contribution in [0, 0.1) is 0 Å². The highest BCUT2D eigenvalue weighted by atomic mass is 16.5. The number of aliphatic hydroxyl groups is 1. The molecule has 4 heteroatoms. The van der Waals surface area contributed by atoms with Gasteiger partial charge in [0.1, 0.15) is 0 Å². The van der Waals surface area contributed by atoms with Crippen LogP contribution in [0.4, 0.5) is 0 Å². The third-order valence-electron chi connectivity index (χ3n) is 2.26. The Morgan fingerprint density at radius 3 is 2.53 bits per heavy atom. The Hall–Kier alpha value is -1.26. The van der Waals surface area contributed by atoms with Crippen molar-refractivity contribution in [2.24, 2.45) is 5.73 Å². The molecule has 0 aliphatic rings. The van der Waals surface area contributed by atoms with Gasteiger partial charge in [-0.3, -0.25) is 0 Å². The fourth-order valence-electron chi connectivity index (χ4n) is 1.48. The predicted octanol–water partition coefficient (Wildman–Crippen LogP) is 1.86. The lowest BCUT2D eigenvalue weighted by Crippen LogP contribution is -2.15. The Balaban J connectivity index is 2.98. The highest BCUT2D eigenvalue weighted by Gasteiger charge is 2.11. The van der Waals surface area contributed by atoms with Crippen LogP contribution in [0.2, 0.25) is 0 Å². The van der Waals surface area contributed by atoms with Gasteiger partial charge in [0, 0.05) is 0 Å². The van der Waals surface area contributed by atoms with Crippen molar-refractivity contribution in [3.63, 3.8) is 0 Å². The van der Waals surface area contributed by atoms with E-state index in [1.165, 1.54) is 0 Å². The van der Waals surface area contributed by atoms with Crippen LogP contribution in [-0.4, -0.2) is 24.4 Å². The molecule has 3 N–H and O–H groups in total. The van der Waals surface area contributed by atoms with Gasteiger partial charge < -0.3 is 20.3 Å². The van der Waals surface area contributed by atoms with Gasteiger partial charge in [0.05, 0.1) is 25.4 Å². The Labute approximate surface area is 102 Å². The average molecular weight is 239 g/mol. The molecule has 0 fully saturated rings. The molecule has 0 spiro atoms. The summed E-state index contributed by atoms with van der Waals surface area (Å²) >= 11 is 0. The van der Waals surface area contributed by atoms with Crippen LogP contribution in [0.25, 0.3) is 0 Å². The first-order valence-corrected chi connectivity index (χ1v) is 5.88. The maximum absolute atomic E-state index is 9.03. The molecular formula is C13H21NO3. The van der Waals surface area contributed by atoms with E-state index in [0.29, 0.717) is 18.1 Å². The maximum Gasteiger partial charge on any atom is 0.161 e. The van der Waals surface area contributed by atoms with Crippen LogP contribution < -0.4 is 15.2 Å². The molecule has 0 unspecified atom stereocenters. The minimum atomic E-state index is -0.387. The van der Waals surface area contributed by atoms with Crippen LogP contribution in [0.5, 0.6) is 11.5 Å². The van der Waals surface area contributed by atoms with E-state index in [-0.39, 0.29) is 18.8 Å². The maximum atomic E-state index is 9.03. The molecule has 17 heavy (non-hydrogen) atoms. The molecule has 0 heterocycles. The first-order chi connectivity index (χ1) is 8.08. The Morgan fingerprint density at radius 2 is 2.00 bits per heavy atom. The molecule has 0 saturated carbocycles. The fraction of sp³-hybridized carbons (Fsp3) is 0.538. The summed E-state index contributed by atoms with van der Waals surface area (Å²) in [5, 5.41) is 9.03. The van der Waals surface area contributed by atoms with Gasteiger partial charge in [-0.05, 0) is 38.5 Å². The van der Waals surface area contributed by atoms with Gasteiger partial charge in [-0.2, -0.15) is 0 Å². The second kappa shape index (κ2) is 6.47. The summed E-state index contributed by atoms with van der Waals surface area (Å²) in [7, 11) is 0. The van der Waals surface area contributed by atoms with Gasteiger partial charge in [0.2, 0.25) is 0 Å². The van der Waals surface area contributed by atoms with Gasteiger partial charge >= 0.3 is 0 Å². The van der Waals surface area contributed by atoms with Gasteiger partial charge in [-0.25, -0.2) is 0 Å². The lowest BCUT2D eigenvalue weighted by Gasteiger charge is -2.17. The molecule has 1 rings (SSSR count). The highest BCUT2D eigenvalue weighted by Crippen LogP contribution is 2.30. The zero-order valence-electron chi connectivity index (χ0n) is 10.6. The zero-order chi connectivity index (χ0) is 12.8. The zero-order valence-corrected chi connectivity index (χ0v) is 10.6. The van der Waals surface area contributed by atoms with Crippen LogP contribution in [0.1, 0.15) is 32.4 Å². The molecule has 96 valence electrons. The Morgan fingerprint density at radius 1 is 1.29 bits per heavy atom. The van der Waals surface area contributed by atoms with E-state index in [4.69, 9.17) is 20.3 Å². The smallest absolute Gasteiger partial charge is 0.161 e. The molecule has 1 aromatic carbocycles. The fourth-order valence-corrected chi connectivity index (χ4v) is 1.48. The lowest BCUT2D eigenvalue weighted by atomic mass is 10.1. The number of hydrogen-bond acceptors (Lipinski definition) is 4. The molecule has 0 amide bonds. The molecule has 1 atom stereocenters. The van der Waals surface area contributed by atoms with Crippen molar-refractivity contribution in [3.8, 4) is 11.5 Å². The molecule has 4 nitrogen and oxygen atoms in total. The Bertz CT molecular complexity index is 353. The van der Waals surface area contributed by atoms with Crippen LogP contribution in [-0.2, 0) is 0 Å². The molecule has 0 bridgehead atoms. The molecule has 0 saturated heterocycles. The van der Waals surface area contributed by atoms with Crippen molar-refractivity contribution in [2.45, 2.75) is 32.9 Å². The summed E-state index contributed by atoms with van der Waals surface area (Å²) in [6.45, 7) is 6.31. The van der Waals surface area contributed by atoms with Crippen molar-refractivity contribution < 1.29 is 14.6 Å². The topological polar surface area (TPSA) is 64.7 Å². The third kappa shape index (κ3) is 3.91. The van der Waals surface area contributed by atoms with E-state index in [0.717, 1.165) is 5.56 Å². The number of rotatable bonds is 6. The minimum absolute atomic E-state index is 0.0874. The van der Waals surface area contributed by atoms with E-state index >= 15 is 0 Å². The largest absolute Gasteiger partial charge is 0.490 e. The minimum Gasteiger partial charge on any atom is -0.490 e. The lowest BCUT2D eigenvalue weighted by molar-refractivity contribution is 0.223. The van der Waals surface area contributed by atoms with E-state index in [9.17, 15) is 0 Å². The quantitative estimate of drug-likeness (QED) is 0.795. The van der Waals surface area contributed by atoms with Crippen molar-refractivity contribution in [1.82, 2.24) is 0 Å². The average Bonchev–Trinajstić information content (AvgIpc) is 2.30. The monoisotopic (exact) mass is 239 g/mol. The van der Waals surface area contributed by atoms with E-state index in [2.05, 4.69) is 0 Å². The standard InChI is InChI=1S/C13H21NO3/c1-4-16-13-7-10(11(14)8-15)5-6-12(13)17-9(2)3/h5-7,9,11,15H,4,8,14H2,1-3H3/t11-/m0/s1. The van der Waals surface area contributed by atoms with Gasteiger partial charge in [-0.1, -0.05) is 6.07 Å². The molecule has 0 aliphatic carbocycles. The number of hydrogen-bond donors (Lipinski definition) is 2. The molecular weight excluding hydrogens is 218 g/mol. The summed E-state index contributed by atoms with van der Waals surface area (Å²) in [6.07, 6.45) is 0.0894. The summed E-state index contributed by atoms with van der Waals surface area (Å²) in [5.74, 6) is 1.37. The van der Waals surface area contributed by atoms with Crippen molar-refractivity contribution in [2.75, 3.05) is 13.2 Å². The van der Waals surface area contributed by atoms with E-state index in [1.807, 2.05) is 39.0 Å². The van der Waals surface area contributed by atoms with Crippen molar-refractivity contribution in [3.05, 3.63) is 23.8 Å².